The van der Waals surface area contributed by atoms with Gasteiger partial charge in [-0.3, -0.25) is 0 Å². The first-order valence-electron chi connectivity index (χ1n) is 9.74. The monoisotopic (exact) mass is 398 g/mol. The number of anilines is 1. The number of halogens is 1. The van der Waals surface area contributed by atoms with Gasteiger partial charge in [0.1, 0.15) is 17.2 Å². The van der Waals surface area contributed by atoms with Gasteiger partial charge in [0, 0.05) is 31.4 Å². The number of aromatic nitrogens is 3. The predicted molar refractivity (Wildman–Crippen MR) is 107 cm³/mol. The summed E-state index contributed by atoms with van der Waals surface area (Å²) in [4.78, 5) is 3.69. The van der Waals surface area contributed by atoms with E-state index < -0.39 is 0 Å². The third kappa shape index (κ3) is 2.93. The van der Waals surface area contributed by atoms with E-state index in [0.29, 0.717) is 12.0 Å². The molecule has 0 radical (unpaired) electrons. The van der Waals surface area contributed by atoms with Gasteiger partial charge < -0.3 is 14.2 Å². The third-order valence-corrected chi connectivity index (χ3v) is 7.15. The Balaban J connectivity index is 1.33. The standard InChI is InChI=1S/C21H23FN4OS/c1-25-18(14-16-4-2-3-5-17(16)22)23-24-20(25)26-10-8-21(9-11-26)19-15(6-12-27-21)7-13-28-19/h2-5,7,13H,6,8-12,14H2,1H3. The zero-order valence-corrected chi connectivity index (χ0v) is 16.7. The molecular formula is C21H23FN4OS. The Bertz CT molecular complexity index is 990. The van der Waals surface area contributed by atoms with Crippen LogP contribution in [0.1, 0.15) is 34.7 Å². The molecule has 28 heavy (non-hydrogen) atoms. The van der Waals surface area contributed by atoms with Crippen molar-refractivity contribution in [3.63, 3.8) is 0 Å². The van der Waals surface area contributed by atoms with Crippen LogP contribution in [-0.2, 0) is 30.2 Å². The molecule has 146 valence electrons. The molecule has 2 aliphatic heterocycles. The fraction of sp³-hybridized carbons (Fsp3) is 0.429. The van der Waals surface area contributed by atoms with Gasteiger partial charge in [0.05, 0.1) is 6.61 Å². The fourth-order valence-electron chi connectivity index (χ4n) is 4.39. The highest BCUT2D eigenvalue weighted by atomic mass is 32.1. The fourth-order valence-corrected chi connectivity index (χ4v) is 5.55. The van der Waals surface area contributed by atoms with Gasteiger partial charge in [0.15, 0.2) is 0 Å². The van der Waals surface area contributed by atoms with Crippen LogP contribution >= 0.6 is 11.3 Å². The minimum absolute atomic E-state index is 0.132. The zero-order chi connectivity index (χ0) is 19.1. The van der Waals surface area contributed by atoms with Crippen molar-refractivity contribution in [3.8, 4) is 0 Å². The van der Waals surface area contributed by atoms with Gasteiger partial charge in [-0.15, -0.1) is 21.5 Å². The number of rotatable bonds is 3. The van der Waals surface area contributed by atoms with Gasteiger partial charge in [-0.2, -0.15) is 0 Å². The Hall–Kier alpha value is -2.25. The maximum absolute atomic E-state index is 14.0. The number of piperidine rings is 1. The van der Waals surface area contributed by atoms with Crippen molar-refractivity contribution in [2.45, 2.75) is 31.3 Å². The van der Waals surface area contributed by atoms with Crippen LogP contribution in [0.25, 0.3) is 0 Å². The average Bonchev–Trinajstić information content (AvgIpc) is 3.33. The first-order chi connectivity index (χ1) is 13.7. The lowest BCUT2D eigenvalue weighted by atomic mass is 9.85. The van der Waals surface area contributed by atoms with Gasteiger partial charge >= 0.3 is 0 Å². The summed E-state index contributed by atoms with van der Waals surface area (Å²) in [6.07, 6.45) is 3.37. The zero-order valence-electron chi connectivity index (χ0n) is 15.9. The molecule has 4 heterocycles. The van der Waals surface area contributed by atoms with E-state index in [1.54, 1.807) is 12.1 Å². The van der Waals surface area contributed by atoms with E-state index in [0.717, 1.165) is 50.7 Å². The van der Waals surface area contributed by atoms with E-state index in [-0.39, 0.29) is 11.4 Å². The lowest BCUT2D eigenvalue weighted by Gasteiger charge is -2.43. The Morgan fingerprint density at radius 3 is 2.82 bits per heavy atom. The highest BCUT2D eigenvalue weighted by Crippen LogP contribution is 2.44. The van der Waals surface area contributed by atoms with Crippen molar-refractivity contribution < 1.29 is 9.13 Å². The Morgan fingerprint density at radius 2 is 2.00 bits per heavy atom. The number of hydrogen-bond donors (Lipinski definition) is 0. The number of thiophene rings is 1. The second-order valence-electron chi connectivity index (χ2n) is 7.60. The lowest BCUT2D eigenvalue weighted by Crippen LogP contribution is -2.46. The molecule has 1 fully saturated rings. The van der Waals surface area contributed by atoms with E-state index in [9.17, 15) is 4.39 Å². The van der Waals surface area contributed by atoms with Gasteiger partial charge in [-0.1, -0.05) is 18.2 Å². The Morgan fingerprint density at radius 1 is 1.18 bits per heavy atom. The second-order valence-corrected chi connectivity index (χ2v) is 8.51. The molecule has 3 aromatic rings. The maximum Gasteiger partial charge on any atom is 0.226 e. The number of fused-ring (bicyclic) bond motifs is 2. The van der Waals surface area contributed by atoms with Crippen molar-refractivity contribution in [1.82, 2.24) is 14.8 Å². The lowest BCUT2D eigenvalue weighted by molar-refractivity contribution is -0.0736. The largest absolute Gasteiger partial charge is 0.369 e. The summed E-state index contributed by atoms with van der Waals surface area (Å²) in [5.74, 6) is 1.42. The molecule has 1 saturated heterocycles. The van der Waals surface area contributed by atoms with E-state index in [2.05, 4.69) is 26.5 Å². The van der Waals surface area contributed by atoms with Crippen LogP contribution in [0.4, 0.5) is 10.3 Å². The summed E-state index contributed by atoms with van der Waals surface area (Å²) in [6, 6.07) is 9.08. The van der Waals surface area contributed by atoms with Crippen molar-refractivity contribution in [3.05, 3.63) is 63.4 Å². The molecule has 0 atom stereocenters. The molecule has 5 nitrogen and oxygen atoms in total. The normalized spacial score (nSPS) is 18.4. The molecule has 0 amide bonds. The molecule has 2 aromatic heterocycles. The molecule has 1 aromatic carbocycles. The molecule has 0 bridgehead atoms. The number of hydrogen-bond acceptors (Lipinski definition) is 5. The second kappa shape index (κ2) is 6.97. The highest BCUT2D eigenvalue weighted by molar-refractivity contribution is 7.10. The predicted octanol–water partition coefficient (Wildman–Crippen LogP) is 3.67. The van der Waals surface area contributed by atoms with Crippen LogP contribution in [0, 0.1) is 5.82 Å². The molecular weight excluding hydrogens is 375 g/mol. The van der Waals surface area contributed by atoms with Gasteiger partial charge in [0.2, 0.25) is 5.95 Å². The van der Waals surface area contributed by atoms with Crippen LogP contribution in [0.15, 0.2) is 35.7 Å². The molecule has 2 aliphatic rings. The van der Waals surface area contributed by atoms with Gasteiger partial charge in [0.25, 0.3) is 0 Å². The summed E-state index contributed by atoms with van der Waals surface area (Å²) in [5, 5.41) is 10.9. The summed E-state index contributed by atoms with van der Waals surface area (Å²) in [7, 11) is 1.96. The molecule has 1 spiro atoms. The quantitative estimate of drug-likeness (QED) is 0.675. The van der Waals surface area contributed by atoms with E-state index in [1.807, 2.05) is 29.0 Å². The van der Waals surface area contributed by atoms with Gasteiger partial charge in [-0.05, 0) is 47.9 Å². The summed E-state index contributed by atoms with van der Waals surface area (Å²) in [6.45, 7) is 2.56. The van der Waals surface area contributed by atoms with Crippen LogP contribution < -0.4 is 4.90 Å². The van der Waals surface area contributed by atoms with Crippen LogP contribution in [-0.4, -0.2) is 34.5 Å². The van der Waals surface area contributed by atoms with Crippen LogP contribution in [0.3, 0.4) is 0 Å². The Kier molecular flexibility index (Phi) is 4.44. The first kappa shape index (κ1) is 17.8. The highest BCUT2D eigenvalue weighted by Gasteiger charge is 2.42. The summed E-state index contributed by atoms with van der Waals surface area (Å²) < 4.78 is 22.3. The number of ether oxygens (including phenoxy) is 1. The first-order valence-corrected chi connectivity index (χ1v) is 10.6. The van der Waals surface area contributed by atoms with Crippen molar-refractivity contribution in [2.24, 2.45) is 7.05 Å². The maximum atomic E-state index is 14.0. The molecule has 0 unspecified atom stereocenters. The molecule has 5 rings (SSSR count). The summed E-state index contributed by atoms with van der Waals surface area (Å²) >= 11 is 1.83. The number of nitrogens with zero attached hydrogens (tertiary/aromatic N) is 4. The van der Waals surface area contributed by atoms with Crippen molar-refractivity contribution in [2.75, 3.05) is 24.6 Å². The molecule has 0 N–H and O–H groups in total. The minimum atomic E-state index is -0.201. The van der Waals surface area contributed by atoms with Crippen molar-refractivity contribution in [1.29, 1.82) is 0 Å². The SMILES string of the molecule is Cn1c(Cc2ccccc2F)nnc1N1CCC2(CC1)OCCc1ccsc12. The third-order valence-electron chi connectivity index (χ3n) is 6.01. The van der Waals surface area contributed by atoms with E-state index >= 15 is 0 Å². The minimum Gasteiger partial charge on any atom is -0.369 e. The van der Waals surface area contributed by atoms with Gasteiger partial charge in [-0.25, -0.2) is 4.39 Å². The van der Waals surface area contributed by atoms with Crippen molar-refractivity contribution >= 4 is 17.3 Å². The molecule has 0 saturated carbocycles. The Labute approximate surface area is 167 Å². The molecule has 7 heteroatoms. The smallest absolute Gasteiger partial charge is 0.226 e. The van der Waals surface area contributed by atoms with Crippen LogP contribution in [0.2, 0.25) is 0 Å². The van der Waals surface area contributed by atoms with E-state index in [4.69, 9.17) is 4.74 Å². The van der Waals surface area contributed by atoms with Crippen LogP contribution in [0.5, 0.6) is 0 Å². The molecule has 0 aliphatic carbocycles. The summed E-state index contributed by atoms with van der Waals surface area (Å²) in [5.41, 5.74) is 1.96. The topological polar surface area (TPSA) is 43.2 Å². The van der Waals surface area contributed by atoms with E-state index in [1.165, 1.54) is 16.5 Å². The number of benzene rings is 1. The average molecular weight is 399 g/mol.